The molecule has 3 aliphatic rings. The summed E-state index contributed by atoms with van der Waals surface area (Å²) in [7, 11) is 0. The molecule has 0 aromatic heterocycles. The number of fused-ring (bicyclic) bond motifs is 1. The lowest BCUT2D eigenvalue weighted by Gasteiger charge is -2.29. The van der Waals surface area contributed by atoms with Gasteiger partial charge < -0.3 is 15.0 Å². The number of amides is 3. The summed E-state index contributed by atoms with van der Waals surface area (Å²) in [5.74, 6) is -2.63. The van der Waals surface area contributed by atoms with Gasteiger partial charge in [-0.1, -0.05) is 30.3 Å². The van der Waals surface area contributed by atoms with E-state index in [0.717, 1.165) is 0 Å². The van der Waals surface area contributed by atoms with Crippen LogP contribution in [0.15, 0.2) is 42.5 Å². The van der Waals surface area contributed by atoms with Gasteiger partial charge in [-0.2, -0.15) is 0 Å². The normalized spacial score (nSPS) is 28.9. The fraction of sp³-hybridized carbons (Fsp3) is 0.400. The number of hydrogen-bond acceptors (Lipinski definition) is 6. The van der Waals surface area contributed by atoms with Crippen LogP contribution >= 0.6 is 0 Å². The smallest absolute Gasteiger partial charge is 0.255 e. The Morgan fingerprint density at radius 2 is 1.88 bits per heavy atom. The summed E-state index contributed by atoms with van der Waals surface area (Å²) >= 11 is 0. The van der Waals surface area contributed by atoms with Crippen molar-refractivity contribution < 1.29 is 28.7 Å². The van der Waals surface area contributed by atoms with Crippen LogP contribution in [0.5, 0.6) is 0 Å². The van der Waals surface area contributed by atoms with E-state index >= 15 is 0 Å². The molecule has 8 nitrogen and oxygen atoms in total. The van der Waals surface area contributed by atoms with Crippen LogP contribution in [0.25, 0.3) is 0 Å². The molecule has 1 atom stereocenters. The van der Waals surface area contributed by atoms with Gasteiger partial charge in [-0.15, -0.1) is 0 Å². The topological polar surface area (TPSA) is 91.0 Å². The van der Waals surface area contributed by atoms with E-state index in [1.165, 1.54) is 42.5 Å². The third-order valence-corrected chi connectivity index (χ3v) is 5.62. The Morgan fingerprint density at radius 1 is 1.12 bits per heavy atom. The summed E-state index contributed by atoms with van der Waals surface area (Å²) in [4.78, 5) is 39.7. The van der Waals surface area contributed by atoms with E-state index in [9.17, 15) is 14.4 Å². The largest absolute Gasteiger partial charge is 0.381 e. The number of hydrogen-bond donors (Lipinski definition) is 2. The zero-order valence-electron chi connectivity index (χ0n) is 24.8. The van der Waals surface area contributed by atoms with E-state index in [1.807, 2.05) is 5.32 Å². The number of nitrogens with one attached hydrogen (secondary N) is 2. The molecule has 0 aliphatic carbocycles. The molecular weight excluding hydrogens is 420 g/mol. The molecule has 0 saturated carbocycles. The molecule has 2 fully saturated rings. The van der Waals surface area contributed by atoms with Crippen LogP contribution in [0.2, 0.25) is 0 Å². The van der Waals surface area contributed by atoms with E-state index in [2.05, 4.69) is 5.32 Å². The molecule has 3 amide bonds. The van der Waals surface area contributed by atoms with Crippen molar-refractivity contribution in [3.63, 3.8) is 0 Å². The summed E-state index contributed by atoms with van der Waals surface area (Å²) in [5, 5.41) is 4.67. The van der Waals surface area contributed by atoms with Gasteiger partial charge in [0.15, 0.2) is 0 Å². The Morgan fingerprint density at radius 3 is 2.64 bits per heavy atom. The summed E-state index contributed by atoms with van der Waals surface area (Å²) in [6.07, 6.45) is -0.622. The molecule has 3 aliphatic heterocycles. The van der Waals surface area contributed by atoms with Gasteiger partial charge in [0.05, 0.1) is 20.1 Å². The van der Waals surface area contributed by atoms with Crippen LogP contribution in [0, 0.1) is 0 Å². The molecule has 0 radical (unpaired) electrons. The summed E-state index contributed by atoms with van der Waals surface area (Å²) in [6.45, 7) is -5.06. The molecule has 33 heavy (non-hydrogen) atoms. The number of anilines is 1. The average Bonchev–Trinajstić information content (AvgIpc) is 3.12. The molecule has 5 rings (SSSR count). The predicted molar refractivity (Wildman–Crippen MR) is 122 cm³/mol. The maximum Gasteiger partial charge on any atom is 0.255 e. The molecule has 0 spiro atoms. The van der Waals surface area contributed by atoms with Gasteiger partial charge in [0.25, 0.3) is 5.91 Å². The number of morpholine rings is 1. The number of rotatable bonds is 6. The highest BCUT2D eigenvalue weighted by atomic mass is 16.5. The standard InChI is InChI=1S/C25H28N4O4/c30-23-9-8-22(24(31)27-23)29-16-20-19(25(29)32)2-1-3-21(20)26-14-17-4-6-18(7-5-17)15-28-10-12-33-13-11-28/h1-7,22,26H,8-16H2,(H,27,30,31)/i14D2,15D2,16D2,22D. The van der Waals surface area contributed by atoms with Crippen molar-refractivity contribution in [1.82, 2.24) is 15.1 Å². The van der Waals surface area contributed by atoms with Gasteiger partial charge in [-0.25, -0.2) is 0 Å². The van der Waals surface area contributed by atoms with Crippen LogP contribution in [0.1, 0.15) is 49.5 Å². The van der Waals surface area contributed by atoms with Crippen LogP contribution in [-0.2, 0) is 33.8 Å². The maximum atomic E-state index is 13.3. The van der Waals surface area contributed by atoms with Gasteiger partial charge in [-0.3, -0.25) is 24.6 Å². The van der Waals surface area contributed by atoms with Crippen molar-refractivity contribution in [1.29, 1.82) is 0 Å². The van der Waals surface area contributed by atoms with Crippen LogP contribution in [-0.4, -0.2) is 59.8 Å². The third kappa shape index (κ3) is 4.62. The van der Waals surface area contributed by atoms with Gasteiger partial charge >= 0.3 is 0 Å². The molecule has 2 saturated heterocycles. The van der Waals surface area contributed by atoms with Gasteiger partial charge in [-0.05, 0) is 29.7 Å². The minimum Gasteiger partial charge on any atom is -0.381 e. The Bertz CT molecular complexity index is 1370. The highest BCUT2D eigenvalue weighted by molar-refractivity contribution is 6.06. The molecule has 2 N–H and O–H groups in total. The SMILES string of the molecule is [2H]C([2H])(Nc1cccc2c1C([2H])([2H])N(C1([2H])CCC(=O)NC1=O)C2=O)c1ccc(C([2H])([2H])N2CCOCC2)cc1. The fourth-order valence-electron chi connectivity index (χ4n) is 3.87. The summed E-state index contributed by atoms with van der Waals surface area (Å²) in [5.41, 5.74) is 0.0798. The van der Waals surface area contributed by atoms with Crippen molar-refractivity contribution in [2.45, 2.75) is 38.4 Å². The molecular formula is C25H28N4O4. The first kappa shape index (κ1) is 14.8. The molecule has 1 unspecified atom stereocenters. The van der Waals surface area contributed by atoms with Crippen molar-refractivity contribution in [2.75, 3.05) is 31.6 Å². The lowest BCUT2D eigenvalue weighted by Crippen LogP contribution is -2.52. The van der Waals surface area contributed by atoms with Gasteiger partial charge in [0, 0.05) is 58.6 Å². The Kier molecular flexibility index (Phi) is 4.19. The number of nitrogens with zero attached hydrogens (tertiary/aromatic N) is 2. The highest BCUT2D eigenvalue weighted by Gasteiger charge is 2.39. The molecule has 8 heteroatoms. The number of carbonyl (C=O) groups excluding carboxylic acids is 3. The fourth-order valence-corrected chi connectivity index (χ4v) is 3.87. The van der Waals surface area contributed by atoms with E-state index in [0.29, 0.717) is 36.8 Å². The Hall–Kier alpha value is -3.23. The number of carbonyl (C=O) groups is 3. The molecule has 172 valence electrons. The third-order valence-electron chi connectivity index (χ3n) is 5.62. The number of piperidine rings is 1. The number of imide groups is 1. The highest BCUT2D eigenvalue weighted by Crippen LogP contribution is 2.32. The van der Waals surface area contributed by atoms with E-state index in [-0.39, 0.29) is 35.2 Å². The van der Waals surface area contributed by atoms with Crippen molar-refractivity contribution in [3.8, 4) is 0 Å². The monoisotopic (exact) mass is 455 g/mol. The minimum absolute atomic E-state index is 0.0491. The van der Waals surface area contributed by atoms with E-state index < -0.39 is 43.2 Å². The minimum atomic E-state index is -2.68. The molecule has 3 heterocycles. The Balaban J connectivity index is 1.43. The Labute approximate surface area is 202 Å². The van der Waals surface area contributed by atoms with Crippen LogP contribution < -0.4 is 10.6 Å². The lowest BCUT2D eigenvalue weighted by molar-refractivity contribution is -0.136. The zero-order chi connectivity index (χ0) is 29.1. The van der Waals surface area contributed by atoms with Gasteiger partial charge in [0.2, 0.25) is 11.8 Å². The van der Waals surface area contributed by atoms with Crippen molar-refractivity contribution in [3.05, 3.63) is 64.7 Å². The first-order chi connectivity index (χ1) is 18.7. The average molecular weight is 456 g/mol. The predicted octanol–water partition coefficient (Wildman–Crippen LogP) is 1.89. The van der Waals surface area contributed by atoms with Crippen molar-refractivity contribution in [2.24, 2.45) is 0 Å². The molecule has 2 aromatic rings. The van der Waals surface area contributed by atoms with Crippen LogP contribution in [0.3, 0.4) is 0 Å². The van der Waals surface area contributed by atoms with Crippen LogP contribution in [0.4, 0.5) is 5.69 Å². The molecule has 2 aromatic carbocycles. The second-order valence-electron chi connectivity index (χ2n) is 7.84. The maximum absolute atomic E-state index is 13.3. The summed E-state index contributed by atoms with van der Waals surface area (Å²) < 4.78 is 66.0. The first-order valence-corrected chi connectivity index (χ1v) is 10.7. The quantitative estimate of drug-likeness (QED) is 0.647. The second kappa shape index (κ2) is 9.33. The lowest BCUT2D eigenvalue weighted by atomic mass is 10.0. The summed E-state index contributed by atoms with van der Waals surface area (Å²) in [6, 6.07) is 7.69. The van der Waals surface area contributed by atoms with E-state index in [1.54, 1.807) is 4.90 Å². The second-order valence-corrected chi connectivity index (χ2v) is 7.84. The first-order valence-electron chi connectivity index (χ1n) is 14.2. The number of ether oxygens (including phenoxy) is 1. The van der Waals surface area contributed by atoms with Gasteiger partial charge in [0.1, 0.15) is 6.02 Å². The molecule has 0 bridgehead atoms. The number of benzene rings is 2. The van der Waals surface area contributed by atoms with E-state index in [4.69, 9.17) is 14.3 Å². The van der Waals surface area contributed by atoms with Crippen molar-refractivity contribution >= 4 is 23.4 Å². The zero-order valence-corrected chi connectivity index (χ0v) is 17.8.